The number of halogens is 4. The number of primary amides is 1. The zero-order valence-corrected chi connectivity index (χ0v) is 16.3. The van der Waals surface area contributed by atoms with Gasteiger partial charge in [0.15, 0.2) is 0 Å². The van der Waals surface area contributed by atoms with Crippen LogP contribution in [0.15, 0.2) is 48.5 Å². The van der Waals surface area contributed by atoms with Crippen molar-refractivity contribution in [3.8, 4) is 5.75 Å². The van der Waals surface area contributed by atoms with E-state index in [0.29, 0.717) is 5.75 Å². The van der Waals surface area contributed by atoms with Crippen molar-refractivity contribution in [2.75, 3.05) is 26.3 Å². The summed E-state index contributed by atoms with van der Waals surface area (Å²) in [6.45, 7) is 0.0543. The van der Waals surface area contributed by atoms with E-state index in [2.05, 4.69) is 0 Å². The highest BCUT2D eigenvalue weighted by Gasteiger charge is 2.41. The summed E-state index contributed by atoms with van der Waals surface area (Å²) in [5.74, 6) is -1.29. The van der Waals surface area contributed by atoms with Crippen LogP contribution in [0.2, 0.25) is 0 Å². The zero-order chi connectivity index (χ0) is 22.6. The molecule has 1 aliphatic heterocycles. The van der Waals surface area contributed by atoms with Gasteiger partial charge in [-0.2, -0.15) is 13.2 Å². The van der Waals surface area contributed by atoms with Crippen LogP contribution in [-0.4, -0.2) is 48.6 Å². The van der Waals surface area contributed by atoms with E-state index in [4.69, 9.17) is 15.2 Å². The smallest absolute Gasteiger partial charge is 0.416 e. The molecule has 6 nitrogen and oxygen atoms in total. The van der Waals surface area contributed by atoms with Crippen molar-refractivity contribution in [2.45, 2.75) is 18.2 Å². The van der Waals surface area contributed by atoms with Gasteiger partial charge in [0, 0.05) is 12.1 Å². The molecule has 0 unspecified atom stereocenters. The first kappa shape index (κ1) is 22.5. The highest BCUT2D eigenvalue weighted by molar-refractivity contribution is 5.94. The fourth-order valence-electron chi connectivity index (χ4n) is 3.31. The van der Waals surface area contributed by atoms with Crippen LogP contribution in [0.5, 0.6) is 5.75 Å². The van der Waals surface area contributed by atoms with Gasteiger partial charge >= 0.3 is 6.18 Å². The molecule has 1 heterocycles. The number of hydrogen-bond donors (Lipinski definition) is 1. The molecule has 1 atom stereocenters. The van der Waals surface area contributed by atoms with Crippen molar-refractivity contribution in [3.63, 3.8) is 0 Å². The quantitative estimate of drug-likeness (QED) is 0.701. The lowest BCUT2D eigenvalue weighted by Gasteiger charge is -2.42. The maximum Gasteiger partial charge on any atom is 0.416 e. The Morgan fingerprint density at radius 2 is 1.74 bits per heavy atom. The third-order valence-corrected chi connectivity index (χ3v) is 4.81. The zero-order valence-electron chi connectivity index (χ0n) is 16.3. The summed E-state index contributed by atoms with van der Waals surface area (Å²) >= 11 is 0. The maximum absolute atomic E-state index is 13.1. The summed E-state index contributed by atoms with van der Waals surface area (Å²) in [7, 11) is 0. The van der Waals surface area contributed by atoms with Crippen LogP contribution in [-0.2, 0) is 15.7 Å². The van der Waals surface area contributed by atoms with Crippen LogP contribution in [0.25, 0.3) is 0 Å². The predicted molar refractivity (Wildman–Crippen MR) is 102 cm³/mol. The Morgan fingerprint density at radius 1 is 1.10 bits per heavy atom. The Bertz CT molecular complexity index is 932. The minimum atomic E-state index is -4.51. The minimum Gasteiger partial charge on any atom is -0.490 e. The van der Waals surface area contributed by atoms with Crippen molar-refractivity contribution >= 4 is 11.8 Å². The third-order valence-electron chi connectivity index (χ3n) is 4.81. The predicted octanol–water partition coefficient (Wildman–Crippen LogP) is 3.01. The van der Waals surface area contributed by atoms with Gasteiger partial charge in [0.25, 0.3) is 5.91 Å². The van der Waals surface area contributed by atoms with E-state index >= 15 is 0 Å². The molecular weight excluding hydrogens is 420 g/mol. The van der Waals surface area contributed by atoms with E-state index < -0.39 is 35.0 Å². The van der Waals surface area contributed by atoms with E-state index in [-0.39, 0.29) is 38.3 Å². The van der Waals surface area contributed by atoms with Crippen LogP contribution in [0.4, 0.5) is 17.6 Å². The fraction of sp³-hybridized carbons (Fsp3) is 0.333. The van der Waals surface area contributed by atoms with Gasteiger partial charge in [0.05, 0.1) is 25.1 Å². The lowest BCUT2D eigenvalue weighted by molar-refractivity contribution is -0.142. The molecule has 1 aliphatic rings. The third kappa shape index (κ3) is 5.72. The van der Waals surface area contributed by atoms with E-state index in [1.807, 2.05) is 0 Å². The molecule has 10 heteroatoms. The van der Waals surface area contributed by atoms with Crippen molar-refractivity contribution in [1.29, 1.82) is 0 Å². The number of nitrogens with two attached hydrogens (primary N) is 1. The van der Waals surface area contributed by atoms with Gasteiger partial charge in [-0.3, -0.25) is 9.59 Å². The lowest BCUT2D eigenvalue weighted by atomic mass is 9.97. The summed E-state index contributed by atoms with van der Waals surface area (Å²) in [6.07, 6.45) is -4.75. The number of alkyl halides is 3. The van der Waals surface area contributed by atoms with Crippen molar-refractivity contribution in [1.82, 2.24) is 4.90 Å². The Morgan fingerprint density at radius 3 is 2.32 bits per heavy atom. The van der Waals surface area contributed by atoms with E-state index in [1.54, 1.807) is 0 Å². The summed E-state index contributed by atoms with van der Waals surface area (Å²) in [4.78, 5) is 25.8. The molecule has 2 N–H and O–H groups in total. The summed E-state index contributed by atoms with van der Waals surface area (Å²) in [5.41, 5.74) is 3.32. The highest BCUT2D eigenvalue weighted by Crippen LogP contribution is 2.30. The minimum absolute atomic E-state index is 0.0585. The number of ether oxygens (including phenoxy) is 2. The van der Waals surface area contributed by atoms with Crippen molar-refractivity contribution < 1.29 is 36.6 Å². The first-order valence-electron chi connectivity index (χ1n) is 9.35. The lowest BCUT2D eigenvalue weighted by Crippen LogP contribution is -2.58. The molecule has 0 spiro atoms. The van der Waals surface area contributed by atoms with Gasteiger partial charge in [-0.1, -0.05) is 0 Å². The Hall–Kier alpha value is -3.14. The average molecular weight is 440 g/mol. The molecule has 31 heavy (non-hydrogen) atoms. The average Bonchev–Trinajstić information content (AvgIpc) is 2.72. The van der Waals surface area contributed by atoms with Gasteiger partial charge in [0.2, 0.25) is 5.91 Å². The molecule has 0 radical (unpaired) electrons. The number of rotatable bonds is 6. The first-order chi connectivity index (χ1) is 14.6. The monoisotopic (exact) mass is 440 g/mol. The molecular formula is C21H20F4N2O4. The second-order valence-corrected chi connectivity index (χ2v) is 7.22. The number of carbonyl (C=O) groups is 2. The standard InChI is InChI=1S/C21H20F4N2O4/c22-16-5-7-17(8-6-16)30-13-20(11-18(26)28)12-27(9-10-31-20)19(29)14-1-3-15(4-2-14)21(23,24)25/h1-8H,9-13H2,(H2,26,28)/t20-/m0/s1. The van der Waals surface area contributed by atoms with Crippen LogP contribution in [0, 0.1) is 5.82 Å². The molecule has 2 amide bonds. The molecule has 0 aliphatic carbocycles. The molecule has 0 bridgehead atoms. The normalized spacial score (nSPS) is 19.2. The van der Waals surface area contributed by atoms with Gasteiger partial charge in [-0.25, -0.2) is 4.39 Å². The fourth-order valence-corrected chi connectivity index (χ4v) is 3.31. The van der Waals surface area contributed by atoms with Crippen molar-refractivity contribution in [3.05, 3.63) is 65.5 Å². The maximum atomic E-state index is 13.1. The molecule has 166 valence electrons. The molecule has 2 aromatic rings. The van der Waals surface area contributed by atoms with Crippen LogP contribution < -0.4 is 10.5 Å². The Kier molecular flexibility index (Phi) is 6.49. The number of carbonyl (C=O) groups excluding carboxylic acids is 2. The highest BCUT2D eigenvalue weighted by atomic mass is 19.4. The van der Waals surface area contributed by atoms with Crippen LogP contribution in [0.3, 0.4) is 0 Å². The summed E-state index contributed by atoms with van der Waals surface area (Å²) < 4.78 is 62.7. The van der Waals surface area contributed by atoms with Gasteiger partial charge in [-0.05, 0) is 48.5 Å². The molecule has 0 saturated carbocycles. The molecule has 2 aromatic carbocycles. The molecule has 3 rings (SSSR count). The van der Waals surface area contributed by atoms with Crippen LogP contribution in [0.1, 0.15) is 22.3 Å². The summed E-state index contributed by atoms with van der Waals surface area (Å²) in [5, 5.41) is 0. The topological polar surface area (TPSA) is 81.9 Å². The van der Waals surface area contributed by atoms with Gasteiger partial charge in [0.1, 0.15) is 23.8 Å². The van der Waals surface area contributed by atoms with E-state index in [9.17, 15) is 27.2 Å². The molecule has 1 fully saturated rings. The van der Waals surface area contributed by atoms with Crippen molar-refractivity contribution in [2.24, 2.45) is 5.73 Å². The largest absolute Gasteiger partial charge is 0.490 e. The second kappa shape index (κ2) is 8.93. The van der Waals surface area contributed by atoms with E-state index in [1.165, 1.54) is 29.2 Å². The molecule has 1 saturated heterocycles. The van der Waals surface area contributed by atoms with E-state index in [0.717, 1.165) is 24.3 Å². The number of hydrogen-bond acceptors (Lipinski definition) is 4. The second-order valence-electron chi connectivity index (χ2n) is 7.22. The van der Waals surface area contributed by atoms with Gasteiger partial charge < -0.3 is 20.1 Å². The number of nitrogens with zero attached hydrogens (tertiary/aromatic N) is 1. The number of amides is 2. The first-order valence-corrected chi connectivity index (χ1v) is 9.35. The Balaban J connectivity index is 1.75. The Labute approximate surface area is 175 Å². The number of benzene rings is 2. The number of morpholine rings is 1. The SMILES string of the molecule is NC(=O)C[C@@]1(COc2ccc(F)cc2)CN(C(=O)c2ccc(C(F)(F)F)cc2)CCO1. The van der Waals surface area contributed by atoms with Crippen LogP contribution >= 0.6 is 0 Å². The molecule has 0 aromatic heterocycles. The summed E-state index contributed by atoms with van der Waals surface area (Å²) in [6, 6.07) is 9.10. The van der Waals surface area contributed by atoms with Gasteiger partial charge in [-0.15, -0.1) is 0 Å².